The summed E-state index contributed by atoms with van der Waals surface area (Å²) in [5.74, 6) is -0.198. The van der Waals surface area contributed by atoms with Gasteiger partial charge in [0.05, 0.1) is 11.8 Å². The largest absolute Gasteiger partial charge is 0.389 e. The first-order chi connectivity index (χ1) is 9.49. The van der Waals surface area contributed by atoms with E-state index in [0.29, 0.717) is 12.1 Å². The van der Waals surface area contributed by atoms with Gasteiger partial charge < -0.3 is 10.0 Å². The van der Waals surface area contributed by atoms with Gasteiger partial charge in [-0.15, -0.1) is 0 Å². The molecule has 0 unspecified atom stereocenters. The SMILES string of the molecule is C[C@H](O)c1ccc(N(C)Cc2ccccc2F)c(Br)c1. The molecule has 0 heterocycles. The van der Waals surface area contributed by atoms with Gasteiger partial charge in [-0.25, -0.2) is 4.39 Å². The van der Waals surface area contributed by atoms with Crippen molar-refractivity contribution >= 4 is 21.6 Å². The summed E-state index contributed by atoms with van der Waals surface area (Å²) in [4.78, 5) is 1.97. The minimum atomic E-state index is -0.503. The van der Waals surface area contributed by atoms with Crippen LogP contribution in [0.2, 0.25) is 0 Å². The van der Waals surface area contributed by atoms with Crippen molar-refractivity contribution in [3.8, 4) is 0 Å². The lowest BCUT2D eigenvalue weighted by atomic mass is 10.1. The van der Waals surface area contributed by atoms with E-state index in [1.807, 2.05) is 36.2 Å². The molecule has 106 valence electrons. The summed E-state index contributed by atoms with van der Waals surface area (Å²) < 4.78 is 14.5. The number of aliphatic hydroxyl groups is 1. The fourth-order valence-electron chi connectivity index (χ4n) is 2.06. The van der Waals surface area contributed by atoms with E-state index in [-0.39, 0.29) is 5.82 Å². The van der Waals surface area contributed by atoms with E-state index in [9.17, 15) is 9.50 Å². The molecule has 2 aromatic carbocycles. The summed E-state index contributed by atoms with van der Waals surface area (Å²) in [6, 6.07) is 12.5. The lowest BCUT2D eigenvalue weighted by Crippen LogP contribution is -2.17. The molecule has 0 aromatic heterocycles. The van der Waals surface area contributed by atoms with Gasteiger partial charge in [0.2, 0.25) is 0 Å². The molecule has 0 saturated carbocycles. The third-order valence-corrected chi connectivity index (χ3v) is 3.87. The summed E-state index contributed by atoms with van der Waals surface area (Å²) >= 11 is 3.50. The Balaban J connectivity index is 2.21. The Morgan fingerprint density at radius 1 is 1.25 bits per heavy atom. The van der Waals surface area contributed by atoms with Gasteiger partial charge in [0, 0.05) is 23.6 Å². The van der Waals surface area contributed by atoms with Crippen LogP contribution >= 0.6 is 15.9 Å². The van der Waals surface area contributed by atoms with Crippen LogP contribution in [0.4, 0.5) is 10.1 Å². The van der Waals surface area contributed by atoms with Crippen LogP contribution < -0.4 is 4.90 Å². The van der Waals surface area contributed by atoms with E-state index < -0.39 is 6.10 Å². The second kappa shape index (κ2) is 6.37. The smallest absolute Gasteiger partial charge is 0.128 e. The topological polar surface area (TPSA) is 23.5 Å². The predicted molar refractivity (Wildman–Crippen MR) is 83.3 cm³/mol. The summed E-state index contributed by atoms with van der Waals surface area (Å²) in [5, 5.41) is 9.57. The maximum Gasteiger partial charge on any atom is 0.128 e. The van der Waals surface area contributed by atoms with E-state index in [2.05, 4.69) is 15.9 Å². The van der Waals surface area contributed by atoms with Crippen LogP contribution in [0.15, 0.2) is 46.9 Å². The van der Waals surface area contributed by atoms with Gasteiger partial charge in [-0.3, -0.25) is 0 Å². The van der Waals surface area contributed by atoms with Crippen LogP contribution in [-0.2, 0) is 6.54 Å². The molecule has 0 aliphatic rings. The van der Waals surface area contributed by atoms with E-state index in [1.54, 1.807) is 19.1 Å². The van der Waals surface area contributed by atoms with Crippen LogP contribution in [0.25, 0.3) is 0 Å². The fraction of sp³-hybridized carbons (Fsp3) is 0.250. The molecule has 0 aliphatic carbocycles. The zero-order valence-electron chi connectivity index (χ0n) is 11.5. The molecule has 2 nitrogen and oxygen atoms in total. The molecule has 0 radical (unpaired) electrons. The number of rotatable bonds is 4. The van der Waals surface area contributed by atoms with Gasteiger partial charge in [-0.2, -0.15) is 0 Å². The summed E-state index contributed by atoms with van der Waals surface area (Å²) in [6.07, 6.45) is -0.503. The fourth-order valence-corrected chi connectivity index (χ4v) is 2.76. The van der Waals surface area contributed by atoms with Crippen LogP contribution in [-0.4, -0.2) is 12.2 Å². The summed E-state index contributed by atoms with van der Waals surface area (Å²) in [6.45, 7) is 2.21. The van der Waals surface area contributed by atoms with Crippen molar-refractivity contribution in [1.29, 1.82) is 0 Å². The standard InChI is InChI=1S/C16H17BrFNO/c1-11(20)12-7-8-16(14(17)9-12)19(2)10-13-5-3-4-6-15(13)18/h3-9,11,20H,10H2,1-2H3/t11-/m0/s1. The van der Waals surface area contributed by atoms with Crippen molar-refractivity contribution in [1.82, 2.24) is 0 Å². The Morgan fingerprint density at radius 3 is 2.55 bits per heavy atom. The Morgan fingerprint density at radius 2 is 1.95 bits per heavy atom. The lowest BCUT2D eigenvalue weighted by molar-refractivity contribution is 0.199. The molecule has 1 N–H and O–H groups in total. The van der Waals surface area contributed by atoms with Crippen molar-refractivity contribution in [3.63, 3.8) is 0 Å². The van der Waals surface area contributed by atoms with E-state index in [4.69, 9.17) is 0 Å². The van der Waals surface area contributed by atoms with Gasteiger partial charge in [0.25, 0.3) is 0 Å². The predicted octanol–water partition coefficient (Wildman–Crippen LogP) is 4.28. The van der Waals surface area contributed by atoms with Crippen molar-refractivity contribution < 1.29 is 9.50 Å². The third-order valence-electron chi connectivity index (χ3n) is 3.23. The van der Waals surface area contributed by atoms with Gasteiger partial charge in [0.1, 0.15) is 5.82 Å². The van der Waals surface area contributed by atoms with Gasteiger partial charge in [-0.1, -0.05) is 24.3 Å². The number of aliphatic hydroxyl groups excluding tert-OH is 1. The number of anilines is 1. The first-order valence-electron chi connectivity index (χ1n) is 6.41. The number of hydrogen-bond donors (Lipinski definition) is 1. The summed E-state index contributed by atoms with van der Waals surface area (Å²) in [5.41, 5.74) is 2.46. The zero-order chi connectivity index (χ0) is 14.7. The van der Waals surface area contributed by atoms with Crippen molar-refractivity contribution in [3.05, 3.63) is 63.9 Å². The second-order valence-corrected chi connectivity index (χ2v) is 5.69. The normalized spacial score (nSPS) is 12.2. The van der Waals surface area contributed by atoms with Crippen molar-refractivity contribution in [2.24, 2.45) is 0 Å². The Kier molecular flexibility index (Phi) is 4.78. The highest BCUT2D eigenvalue weighted by Gasteiger charge is 2.11. The average Bonchev–Trinajstić information content (AvgIpc) is 2.41. The first kappa shape index (κ1) is 15.0. The molecule has 2 rings (SSSR count). The highest BCUT2D eigenvalue weighted by Crippen LogP contribution is 2.29. The molecule has 2 aromatic rings. The van der Waals surface area contributed by atoms with E-state index in [1.165, 1.54) is 6.07 Å². The summed E-state index contributed by atoms with van der Waals surface area (Å²) in [7, 11) is 1.91. The number of benzene rings is 2. The molecule has 1 atom stereocenters. The second-order valence-electron chi connectivity index (χ2n) is 4.83. The number of hydrogen-bond acceptors (Lipinski definition) is 2. The molecular formula is C16H17BrFNO. The van der Waals surface area contributed by atoms with Gasteiger partial charge >= 0.3 is 0 Å². The third kappa shape index (κ3) is 3.38. The average molecular weight is 338 g/mol. The molecule has 0 bridgehead atoms. The van der Waals surface area contributed by atoms with Gasteiger partial charge in [-0.05, 0) is 46.6 Å². The van der Waals surface area contributed by atoms with E-state index >= 15 is 0 Å². The highest BCUT2D eigenvalue weighted by atomic mass is 79.9. The quantitative estimate of drug-likeness (QED) is 0.900. The molecular weight excluding hydrogens is 321 g/mol. The minimum absolute atomic E-state index is 0.198. The van der Waals surface area contributed by atoms with Crippen LogP contribution in [0.1, 0.15) is 24.2 Å². The maximum absolute atomic E-state index is 13.7. The minimum Gasteiger partial charge on any atom is -0.389 e. The number of halogens is 2. The monoisotopic (exact) mass is 337 g/mol. The molecule has 0 saturated heterocycles. The molecule has 20 heavy (non-hydrogen) atoms. The Bertz CT molecular complexity index is 601. The Labute approximate surface area is 127 Å². The van der Waals surface area contributed by atoms with Crippen molar-refractivity contribution in [2.45, 2.75) is 19.6 Å². The van der Waals surface area contributed by atoms with Crippen molar-refractivity contribution in [2.75, 3.05) is 11.9 Å². The van der Waals surface area contributed by atoms with Gasteiger partial charge in [0.15, 0.2) is 0 Å². The van der Waals surface area contributed by atoms with Crippen LogP contribution in [0.5, 0.6) is 0 Å². The van der Waals surface area contributed by atoms with E-state index in [0.717, 1.165) is 15.7 Å². The lowest BCUT2D eigenvalue weighted by Gasteiger charge is -2.22. The number of nitrogens with zero attached hydrogens (tertiary/aromatic N) is 1. The molecule has 0 aliphatic heterocycles. The first-order valence-corrected chi connectivity index (χ1v) is 7.20. The van der Waals surface area contributed by atoms with Crippen LogP contribution in [0.3, 0.4) is 0 Å². The van der Waals surface area contributed by atoms with Crippen LogP contribution in [0, 0.1) is 5.82 Å². The maximum atomic E-state index is 13.7. The zero-order valence-corrected chi connectivity index (χ0v) is 13.1. The molecule has 0 amide bonds. The Hall–Kier alpha value is -1.39. The molecule has 0 spiro atoms. The highest BCUT2D eigenvalue weighted by molar-refractivity contribution is 9.10. The molecule has 0 fully saturated rings. The molecule has 4 heteroatoms.